The lowest BCUT2D eigenvalue weighted by Gasteiger charge is -2.34. The minimum Gasteiger partial charge on any atom is -0.356 e. The average Bonchev–Trinajstić information content (AvgIpc) is 2.52. The van der Waals surface area contributed by atoms with E-state index in [-0.39, 0.29) is 29.9 Å². The molecule has 0 radical (unpaired) electrons. The number of piperidine rings is 1. The van der Waals surface area contributed by atoms with Gasteiger partial charge >= 0.3 is 0 Å². The Morgan fingerprint density at radius 2 is 1.81 bits per heavy atom. The minimum atomic E-state index is -0.0287. The number of amides is 1. The van der Waals surface area contributed by atoms with E-state index in [1.54, 1.807) is 12.1 Å². The first-order chi connectivity index (χ1) is 10.1. The van der Waals surface area contributed by atoms with Gasteiger partial charge in [0.1, 0.15) is 0 Å². The van der Waals surface area contributed by atoms with Gasteiger partial charge in [-0.2, -0.15) is 0 Å². The molecule has 1 aliphatic heterocycles. The molecule has 2 N–H and O–H groups in total. The average molecular weight is 288 g/mol. The molecule has 0 aromatic heterocycles. The summed E-state index contributed by atoms with van der Waals surface area (Å²) >= 11 is 0. The van der Waals surface area contributed by atoms with Crippen molar-refractivity contribution in [3.63, 3.8) is 0 Å². The third-order valence-corrected chi connectivity index (χ3v) is 4.20. The summed E-state index contributed by atoms with van der Waals surface area (Å²) in [5.41, 5.74) is 0.861. The molecule has 1 heterocycles. The molecule has 4 nitrogen and oxygen atoms in total. The van der Waals surface area contributed by atoms with Gasteiger partial charge in [-0.15, -0.1) is 0 Å². The van der Waals surface area contributed by atoms with E-state index in [4.69, 9.17) is 0 Å². The Hall–Kier alpha value is -1.68. The number of benzene rings is 1. The van der Waals surface area contributed by atoms with Gasteiger partial charge in [-0.25, -0.2) is 0 Å². The Balaban J connectivity index is 1.71. The lowest BCUT2D eigenvalue weighted by Crippen LogP contribution is -2.42. The molecule has 0 spiro atoms. The number of carbonyl (C=O) groups is 2. The van der Waals surface area contributed by atoms with Crippen LogP contribution in [0.15, 0.2) is 30.3 Å². The molecular weight excluding hydrogens is 264 g/mol. The monoisotopic (exact) mass is 288 g/mol. The zero-order valence-corrected chi connectivity index (χ0v) is 12.7. The smallest absolute Gasteiger partial charge is 0.220 e. The normalized spacial score (nSPS) is 17.2. The number of hydrogen-bond acceptors (Lipinski definition) is 3. The SMILES string of the molecule is CC1(CNC(=O)CCC(=O)c2ccccc2)CCNCC1. The van der Waals surface area contributed by atoms with Crippen molar-refractivity contribution in [3.05, 3.63) is 35.9 Å². The first kappa shape index (κ1) is 15.7. The zero-order valence-electron chi connectivity index (χ0n) is 12.7. The van der Waals surface area contributed by atoms with Crippen LogP contribution < -0.4 is 10.6 Å². The van der Waals surface area contributed by atoms with Gasteiger partial charge in [0.2, 0.25) is 5.91 Å². The van der Waals surface area contributed by atoms with Crippen molar-refractivity contribution in [2.75, 3.05) is 19.6 Å². The van der Waals surface area contributed by atoms with E-state index in [1.807, 2.05) is 18.2 Å². The van der Waals surface area contributed by atoms with Crippen LogP contribution in [0.25, 0.3) is 0 Å². The second kappa shape index (κ2) is 7.36. The van der Waals surface area contributed by atoms with Crippen LogP contribution in [-0.4, -0.2) is 31.3 Å². The van der Waals surface area contributed by atoms with Gasteiger partial charge in [0.25, 0.3) is 0 Å². The third kappa shape index (κ3) is 4.97. The Labute approximate surface area is 126 Å². The van der Waals surface area contributed by atoms with E-state index in [0.29, 0.717) is 12.1 Å². The first-order valence-electron chi connectivity index (χ1n) is 7.65. The first-order valence-corrected chi connectivity index (χ1v) is 7.65. The molecule has 1 saturated heterocycles. The van der Waals surface area contributed by atoms with Crippen molar-refractivity contribution in [3.8, 4) is 0 Å². The molecule has 0 aliphatic carbocycles. The molecule has 1 fully saturated rings. The molecular formula is C17H24N2O2. The van der Waals surface area contributed by atoms with Crippen molar-refractivity contribution in [2.45, 2.75) is 32.6 Å². The van der Waals surface area contributed by atoms with Gasteiger partial charge in [-0.3, -0.25) is 9.59 Å². The lowest BCUT2D eigenvalue weighted by atomic mass is 9.81. The molecule has 1 aliphatic rings. The summed E-state index contributed by atoms with van der Waals surface area (Å²) in [6.45, 7) is 4.94. The van der Waals surface area contributed by atoms with Crippen molar-refractivity contribution >= 4 is 11.7 Å². The second-order valence-electron chi connectivity index (χ2n) is 6.13. The summed E-state index contributed by atoms with van der Waals surface area (Å²) in [7, 11) is 0. The Morgan fingerprint density at radius 1 is 1.14 bits per heavy atom. The van der Waals surface area contributed by atoms with Crippen LogP contribution in [0.2, 0.25) is 0 Å². The molecule has 0 saturated carbocycles. The molecule has 21 heavy (non-hydrogen) atoms. The van der Waals surface area contributed by atoms with Crippen LogP contribution in [0.3, 0.4) is 0 Å². The molecule has 0 atom stereocenters. The fraction of sp³-hybridized carbons (Fsp3) is 0.529. The molecule has 4 heteroatoms. The Bertz CT molecular complexity index is 479. The highest BCUT2D eigenvalue weighted by atomic mass is 16.2. The highest BCUT2D eigenvalue weighted by Gasteiger charge is 2.26. The molecule has 114 valence electrons. The number of ketones is 1. The van der Waals surface area contributed by atoms with E-state index in [0.717, 1.165) is 25.9 Å². The molecule has 2 rings (SSSR count). The fourth-order valence-electron chi connectivity index (χ4n) is 2.60. The van der Waals surface area contributed by atoms with Crippen LogP contribution in [0.1, 0.15) is 43.0 Å². The second-order valence-corrected chi connectivity index (χ2v) is 6.13. The number of Topliss-reactive ketones (excluding diaryl/α,β-unsaturated/α-hetero) is 1. The number of rotatable bonds is 6. The van der Waals surface area contributed by atoms with Gasteiger partial charge in [-0.1, -0.05) is 37.3 Å². The van der Waals surface area contributed by atoms with Crippen molar-refractivity contribution in [1.29, 1.82) is 0 Å². The van der Waals surface area contributed by atoms with Gasteiger partial charge in [0, 0.05) is 24.9 Å². The summed E-state index contributed by atoms with van der Waals surface area (Å²) in [4.78, 5) is 23.8. The Morgan fingerprint density at radius 3 is 2.48 bits per heavy atom. The van der Waals surface area contributed by atoms with E-state index in [1.165, 1.54) is 0 Å². The fourth-order valence-corrected chi connectivity index (χ4v) is 2.60. The maximum absolute atomic E-state index is 11.9. The van der Waals surface area contributed by atoms with Crippen molar-refractivity contribution in [2.24, 2.45) is 5.41 Å². The predicted octanol–water partition coefficient (Wildman–Crippen LogP) is 2.16. The predicted molar refractivity (Wildman–Crippen MR) is 83.2 cm³/mol. The highest BCUT2D eigenvalue weighted by Crippen LogP contribution is 2.26. The quantitative estimate of drug-likeness (QED) is 0.789. The van der Waals surface area contributed by atoms with E-state index < -0.39 is 0 Å². The molecule has 1 amide bonds. The summed E-state index contributed by atoms with van der Waals surface area (Å²) in [5, 5.41) is 6.31. The van der Waals surface area contributed by atoms with Gasteiger partial charge in [0.05, 0.1) is 0 Å². The Kier molecular flexibility index (Phi) is 5.51. The third-order valence-electron chi connectivity index (χ3n) is 4.20. The lowest BCUT2D eigenvalue weighted by molar-refractivity contribution is -0.121. The molecule has 0 unspecified atom stereocenters. The largest absolute Gasteiger partial charge is 0.356 e. The van der Waals surface area contributed by atoms with Crippen LogP contribution in [0.4, 0.5) is 0 Å². The van der Waals surface area contributed by atoms with Gasteiger partial charge in [-0.05, 0) is 31.3 Å². The maximum Gasteiger partial charge on any atom is 0.220 e. The van der Waals surface area contributed by atoms with Crippen LogP contribution in [-0.2, 0) is 4.79 Å². The summed E-state index contributed by atoms with van der Waals surface area (Å²) in [6, 6.07) is 9.13. The van der Waals surface area contributed by atoms with E-state index in [9.17, 15) is 9.59 Å². The van der Waals surface area contributed by atoms with Crippen molar-refractivity contribution < 1.29 is 9.59 Å². The van der Waals surface area contributed by atoms with E-state index >= 15 is 0 Å². The minimum absolute atomic E-state index is 0.0267. The maximum atomic E-state index is 11.9. The standard InChI is InChI=1S/C17H24N2O2/c1-17(9-11-18-12-10-17)13-19-16(21)8-7-15(20)14-5-3-2-4-6-14/h2-6,18H,7-13H2,1H3,(H,19,21). The van der Waals surface area contributed by atoms with E-state index in [2.05, 4.69) is 17.6 Å². The summed E-state index contributed by atoms with van der Waals surface area (Å²) in [5.74, 6) is -0.00198. The summed E-state index contributed by atoms with van der Waals surface area (Å²) in [6.07, 6.45) is 2.70. The number of carbonyl (C=O) groups excluding carboxylic acids is 2. The van der Waals surface area contributed by atoms with Crippen LogP contribution in [0, 0.1) is 5.41 Å². The summed E-state index contributed by atoms with van der Waals surface area (Å²) < 4.78 is 0. The molecule has 1 aromatic carbocycles. The number of hydrogen-bond donors (Lipinski definition) is 2. The van der Waals surface area contributed by atoms with Crippen molar-refractivity contribution in [1.82, 2.24) is 10.6 Å². The molecule has 1 aromatic rings. The topological polar surface area (TPSA) is 58.2 Å². The van der Waals surface area contributed by atoms with Crippen LogP contribution in [0.5, 0.6) is 0 Å². The molecule has 0 bridgehead atoms. The zero-order chi connectivity index (χ0) is 15.1. The van der Waals surface area contributed by atoms with Crippen LogP contribution >= 0.6 is 0 Å². The van der Waals surface area contributed by atoms with Gasteiger partial charge in [0.15, 0.2) is 5.78 Å². The highest BCUT2D eigenvalue weighted by molar-refractivity contribution is 5.97. The van der Waals surface area contributed by atoms with Gasteiger partial charge < -0.3 is 10.6 Å². The number of nitrogens with one attached hydrogen (secondary N) is 2.